The third-order valence-electron chi connectivity index (χ3n) is 7.66. The first-order valence-corrected chi connectivity index (χ1v) is 13.4. The van der Waals surface area contributed by atoms with Gasteiger partial charge in [0.2, 0.25) is 11.8 Å². The van der Waals surface area contributed by atoms with Crippen LogP contribution in [0.1, 0.15) is 69.8 Å². The highest BCUT2D eigenvalue weighted by Crippen LogP contribution is 2.31. The smallest absolute Gasteiger partial charge is 0.225 e. The number of benzene rings is 1. The number of ether oxygens (including phenoxy) is 2. The van der Waals surface area contributed by atoms with E-state index in [0.29, 0.717) is 42.8 Å². The maximum absolute atomic E-state index is 13.2. The summed E-state index contributed by atoms with van der Waals surface area (Å²) in [5.41, 5.74) is 0.0921. The number of aryl methyl sites for hydroxylation is 1. The maximum Gasteiger partial charge on any atom is 0.225 e. The van der Waals surface area contributed by atoms with Crippen molar-refractivity contribution in [1.29, 1.82) is 0 Å². The lowest BCUT2D eigenvalue weighted by atomic mass is 9.95. The third-order valence-corrected chi connectivity index (χ3v) is 8.08. The summed E-state index contributed by atoms with van der Waals surface area (Å²) >= 11 is 6.17. The van der Waals surface area contributed by atoms with Gasteiger partial charge in [-0.25, -0.2) is 0 Å². The number of morpholine rings is 1. The second-order valence-electron chi connectivity index (χ2n) is 10.4. The molecule has 0 aromatic heterocycles. The highest BCUT2D eigenvalue weighted by atomic mass is 35.5. The van der Waals surface area contributed by atoms with Crippen molar-refractivity contribution in [3.8, 4) is 5.75 Å². The Morgan fingerprint density at radius 1 is 1.06 bits per heavy atom. The summed E-state index contributed by atoms with van der Waals surface area (Å²) in [6.45, 7) is 5.15. The van der Waals surface area contributed by atoms with Crippen LogP contribution in [0, 0.1) is 12.8 Å². The van der Waals surface area contributed by atoms with Crippen molar-refractivity contribution in [2.45, 2.75) is 76.7 Å². The van der Waals surface area contributed by atoms with Crippen LogP contribution in [0.4, 0.5) is 0 Å². The predicted octanol–water partition coefficient (Wildman–Crippen LogP) is 5.00. The molecule has 1 aromatic rings. The molecule has 0 N–H and O–H groups in total. The summed E-state index contributed by atoms with van der Waals surface area (Å²) < 4.78 is 12.4. The first-order valence-electron chi connectivity index (χ1n) is 13.0. The van der Waals surface area contributed by atoms with Gasteiger partial charge < -0.3 is 19.3 Å². The van der Waals surface area contributed by atoms with E-state index in [4.69, 9.17) is 21.1 Å². The first-order chi connectivity index (χ1) is 16.4. The molecule has 34 heavy (non-hydrogen) atoms. The van der Waals surface area contributed by atoms with Crippen LogP contribution in [-0.2, 0) is 14.3 Å². The van der Waals surface area contributed by atoms with Crippen molar-refractivity contribution < 1.29 is 19.1 Å². The van der Waals surface area contributed by atoms with E-state index in [1.807, 2.05) is 34.9 Å². The number of carbonyl (C=O) groups excluding carboxylic acids is 2. The van der Waals surface area contributed by atoms with E-state index in [2.05, 4.69) is 0 Å². The van der Waals surface area contributed by atoms with E-state index >= 15 is 0 Å². The van der Waals surface area contributed by atoms with Crippen LogP contribution in [0.5, 0.6) is 5.75 Å². The Hall–Kier alpha value is -1.79. The van der Waals surface area contributed by atoms with E-state index in [0.717, 1.165) is 37.9 Å². The number of halogens is 1. The van der Waals surface area contributed by atoms with Crippen LogP contribution < -0.4 is 4.74 Å². The van der Waals surface area contributed by atoms with Crippen molar-refractivity contribution >= 4 is 23.4 Å². The monoisotopic (exact) mass is 490 g/mol. The van der Waals surface area contributed by atoms with Crippen LogP contribution in [-0.4, -0.2) is 66.6 Å². The standard InChI is InChI=1S/C27H39ClN2O4/c1-21-17-23(10-11-24(21)28)33-20-27(18-26(32)29-13-5-2-6-14-29)19-30(15-16-34-27)25(31)12-9-22-7-3-4-8-22/h10-11,17,22H,2-9,12-16,18-20H2,1H3. The molecule has 2 aliphatic heterocycles. The number of nitrogens with zero attached hydrogens (tertiary/aromatic N) is 2. The van der Waals surface area contributed by atoms with Crippen molar-refractivity contribution in [2.24, 2.45) is 5.92 Å². The molecule has 1 aliphatic carbocycles. The Morgan fingerprint density at radius 3 is 2.56 bits per heavy atom. The van der Waals surface area contributed by atoms with Crippen molar-refractivity contribution in [1.82, 2.24) is 9.80 Å². The Labute approximate surface area is 208 Å². The fourth-order valence-electron chi connectivity index (χ4n) is 5.54. The Balaban J connectivity index is 1.44. The minimum absolute atomic E-state index is 0.0934. The molecule has 1 aromatic carbocycles. The van der Waals surface area contributed by atoms with Crippen LogP contribution in [0.3, 0.4) is 0 Å². The number of likely N-dealkylation sites (tertiary alicyclic amines) is 1. The van der Waals surface area contributed by atoms with Gasteiger partial charge in [-0.2, -0.15) is 0 Å². The molecular formula is C27H39ClN2O4. The molecule has 0 radical (unpaired) electrons. The van der Waals surface area contributed by atoms with E-state index in [-0.39, 0.29) is 24.8 Å². The molecule has 0 spiro atoms. The molecule has 6 nitrogen and oxygen atoms in total. The number of hydrogen-bond donors (Lipinski definition) is 0. The summed E-state index contributed by atoms with van der Waals surface area (Å²) in [4.78, 5) is 30.2. The zero-order chi connectivity index (χ0) is 24.0. The quantitative estimate of drug-likeness (QED) is 0.514. The predicted molar refractivity (Wildman–Crippen MR) is 133 cm³/mol. The molecule has 1 unspecified atom stereocenters. The van der Waals surface area contributed by atoms with E-state index in [1.54, 1.807) is 0 Å². The van der Waals surface area contributed by atoms with Gasteiger partial charge in [-0.3, -0.25) is 9.59 Å². The lowest BCUT2D eigenvalue weighted by molar-refractivity contribution is -0.166. The van der Waals surface area contributed by atoms with Crippen LogP contribution in [0.15, 0.2) is 18.2 Å². The van der Waals surface area contributed by atoms with Gasteiger partial charge in [0.15, 0.2) is 0 Å². The van der Waals surface area contributed by atoms with Crippen molar-refractivity contribution in [2.75, 3.05) is 39.4 Å². The molecule has 3 fully saturated rings. The molecule has 2 saturated heterocycles. The molecule has 3 aliphatic rings. The minimum Gasteiger partial charge on any atom is -0.490 e. The van der Waals surface area contributed by atoms with E-state index in [9.17, 15) is 9.59 Å². The average Bonchev–Trinajstić information content (AvgIpc) is 3.38. The Kier molecular flexibility index (Phi) is 8.75. The van der Waals surface area contributed by atoms with Gasteiger partial charge in [0.1, 0.15) is 18.0 Å². The fourth-order valence-corrected chi connectivity index (χ4v) is 5.66. The van der Waals surface area contributed by atoms with Crippen LogP contribution in [0.2, 0.25) is 5.02 Å². The number of carbonyl (C=O) groups is 2. The maximum atomic E-state index is 13.2. The molecule has 4 rings (SSSR count). The largest absolute Gasteiger partial charge is 0.490 e. The second-order valence-corrected chi connectivity index (χ2v) is 10.8. The molecule has 2 heterocycles. The second kappa shape index (κ2) is 11.8. The van der Waals surface area contributed by atoms with Gasteiger partial charge in [-0.15, -0.1) is 0 Å². The zero-order valence-electron chi connectivity index (χ0n) is 20.5. The highest BCUT2D eigenvalue weighted by molar-refractivity contribution is 6.31. The van der Waals surface area contributed by atoms with Gasteiger partial charge in [0.25, 0.3) is 0 Å². The molecule has 188 valence electrons. The van der Waals surface area contributed by atoms with Crippen LogP contribution in [0.25, 0.3) is 0 Å². The van der Waals surface area contributed by atoms with Gasteiger partial charge in [-0.05, 0) is 62.3 Å². The normalized spacial score (nSPS) is 23.8. The lowest BCUT2D eigenvalue weighted by Crippen LogP contribution is -2.58. The Morgan fingerprint density at radius 2 is 1.82 bits per heavy atom. The fraction of sp³-hybridized carbons (Fsp3) is 0.704. The molecule has 1 atom stereocenters. The molecule has 0 bridgehead atoms. The lowest BCUT2D eigenvalue weighted by Gasteiger charge is -2.43. The number of hydrogen-bond acceptors (Lipinski definition) is 4. The summed E-state index contributed by atoms with van der Waals surface area (Å²) in [6.07, 6.45) is 10.1. The van der Waals surface area contributed by atoms with Gasteiger partial charge >= 0.3 is 0 Å². The summed E-state index contributed by atoms with van der Waals surface area (Å²) in [5, 5.41) is 0.690. The van der Waals surface area contributed by atoms with Gasteiger partial charge in [0, 0.05) is 31.1 Å². The van der Waals surface area contributed by atoms with E-state index in [1.165, 1.54) is 32.1 Å². The van der Waals surface area contributed by atoms with E-state index < -0.39 is 5.60 Å². The number of rotatable bonds is 8. The first kappa shape index (κ1) is 25.3. The van der Waals surface area contributed by atoms with Gasteiger partial charge in [0.05, 0.1) is 19.6 Å². The average molecular weight is 491 g/mol. The zero-order valence-corrected chi connectivity index (χ0v) is 21.3. The molecule has 1 saturated carbocycles. The summed E-state index contributed by atoms with van der Waals surface area (Å²) in [7, 11) is 0. The highest BCUT2D eigenvalue weighted by Gasteiger charge is 2.42. The van der Waals surface area contributed by atoms with Gasteiger partial charge in [-0.1, -0.05) is 37.3 Å². The topological polar surface area (TPSA) is 59.1 Å². The van der Waals surface area contributed by atoms with Crippen LogP contribution >= 0.6 is 11.6 Å². The molecular weight excluding hydrogens is 452 g/mol. The SMILES string of the molecule is Cc1cc(OCC2(CC(=O)N3CCCCC3)CN(C(=O)CCC3CCCC3)CCO2)ccc1Cl. The molecule has 7 heteroatoms. The summed E-state index contributed by atoms with van der Waals surface area (Å²) in [5.74, 6) is 1.65. The van der Waals surface area contributed by atoms with Crippen molar-refractivity contribution in [3.63, 3.8) is 0 Å². The van der Waals surface area contributed by atoms with Crippen molar-refractivity contribution in [3.05, 3.63) is 28.8 Å². The third kappa shape index (κ3) is 6.66. The summed E-state index contributed by atoms with van der Waals surface area (Å²) in [6, 6.07) is 5.55. The Bertz CT molecular complexity index is 851. The minimum atomic E-state index is -0.844. The number of amides is 2. The molecule has 2 amide bonds. The number of piperidine rings is 1.